The smallest absolute Gasteiger partial charge is 0.325 e. The summed E-state index contributed by atoms with van der Waals surface area (Å²) >= 11 is 0. The van der Waals surface area contributed by atoms with E-state index in [4.69, 9.17) is 15.9 Å². The van der Waals surface area contributed by atoms with Gasteiger partial charge in [-0.05, 0) is 13.3 Å². The Morgan fingerprint density at radius 2 is 1.80 bits per heavy atom. The Balaban J connectivity index is 3.85. The zero-order valence-electron chi connectivity index (χ0n) is 8.27. The van der Waals surface area contributed by atoms with Crippen LogP contribution in [0.3, 0.4) is 0 Å². The molecule has 7 nitrogen and oxygen atoms in total. The molecule has 5 N–H and O–H groups in total. The molecular formula is C8H14N2O5. The first-order valence-electron chi connectivity index (χ1n) is 4.35. The standard InChI is InChI=1S/C8H14N2O5/c1-4(7(12)13)10-6(11)3-2-5(9)8(14)15/h4-5H,2-3,9H2,1H3,(H,10,11)(H,12,13)(H,14,15)/t4-,5?/m1/s1. The van der Waals surface area contributed by atoms with E-state index in [1.165, 1.54) is 6.92 Å². The molecule has 1 amide bonds. The zero-order chi connectivity index (χ0) is 12.0. The molecule has 0 aromatic carbocycles. The predicted molar refractivity (Wildman–Crippen MR) is 50.1 cm³/mol. The van der Waals surface area contributed by atoms with Crippen LogP contribution in [0.25, 0.3) is 0 Å². The fraction of sp³-hybridized carbons (Fsp3) is 0.625. The number of hydrogen-bond acceptors (Lipinski definition) is 4. The predicted octanol–water partition coefficient (Wildman–Crippen LogP) is -1.23. The molecule has 0 saturated heterocycles. The average molecular weight is 218 g/mol. The molecule has 86 valence electrons. The molecule has 0 fully saturated rings. The van der Waals surface area contributed by atoms with Crippen molar-refractivity contribution in [2.45, 2.75) is 31.8 Å². The molecule has 15 heavy (non-hydrogen) atoms. The summed E-state index contributed by atoms with van der Waals surface area (Å²) < 4.78 is 0. The highest BCUT2D eigenvalue weighted by atomic mass is 16.4. The maximum Gasteiger partial charge on any atom is 0.325 e. The van der Waals surface area contributed by atoms with E-state index in [-0.39, 0.29) is 12.8 Å². The Morgan fingerprint density at radius 1 is 1.27 bits per heavy atom. The van der Waals surface area contributed by atoms with Crippen LogP contribution in [0.5, 0.6) is 0 Å². The van der Waals surface area contributed by atoms with Crippen molar-refractivity contribution in [3.05, 3.63) is 0 Å². The molecule has 7 heteroatoms. The van der Waals surface area contributed by atoms with Crippen molar-refractivity contribution in [3.8, 4) is 0 Å². The van der Waals surface area contributed by atoms with E-state index in [0.29, 0.717) is 0 Å². The third-order valence-corrected chi connectivity index (χ3v) is 1.75. The van der Waals surface area contributed by atoms with Gasteiger partial charge in [-0.2, -0.15) is 0 Å². The number of nitrogens with two attached hydrogens (primary N) is 1. The number of carbonyl (C=O) groups excluding carboxylic acids is 1. The Bertz CT molecular complexity index is 266. The van der Waals surface area contributed by atoms with Gasteiger partial charge in [0.2, 0.25) is 5.91 Å². The van der Waals surface area contributed by atoms with Crippen LogP contribution in [0.2, 0.25) is 0 Å². The van der Waals surface area contributed by atoms with E-state index in [2.05, 4.69) is 5.32 Å². The maximum atomic E-state index is 11.1. The van der Waals surface area contributed by atoms with Crippen LogP contribution in [0.1, 0.15) is 19.8 Å². The highest BCUT2D eigenvalue weighted by molar-refractivity contribution is 5.83. The van der Waals surface area contributed by atoms with E-state index < -0.39 is 29.9 Å². The highest BCUT2D eigenvalue weighted by Gasteiger charge is 2.16. The molecular weight excluding hydrogens is 204 g/mol. The molecule has 0 spiro atoms. The van der Waals surface area contributed by atoms with Crippen LogP contribution in [-0.4, -0.2) is 40.1 Å². The van der Waals surface area contributed by atoms with Crippen molar-refractivity contribution in [3.63, 3.8) is 0 Å². The summed E-state index contributed by atoms with van der Waals surface area (Å²) in [6.07, 6.45) is -0.126. The number of carbonyl (C=O) groups is 3. The Morgan fingerprint density at radius 3 is 2.20 bits per heavy atom. The van der Waals surface area contributed by atoms with Crippen molar-refractivity contribution >= 4 is 17.8 Å². The number of carboxylic acid groups (broad SMARTS) is 2. The lowest BCUT2D eigenvalue weighted by atomic mass is 10.1. The largest absolute Gasteiger partial charge is 0.480 e. The second-order valence-corrected chi connectivity index (χ2v) is 3.11. The minimum Gasteiger partial charge on any atom is -0.480 e. The topological polar surface area (TPSA) is 130 Å². The molecule has 2 atom stereocenters. The zero-order valence-corrected chi connectivity index (χ0v) is 8.27. The lowest BCUT2D eigenvalue weighted by molar-refractivity contribution is -0.142. The Labute approximate surface area is 86.3 Å². The summed E-state index contributed by atoms with van der Waals surface area (Å²) in [7, 11) is 0. The summed E-state index contributed by atoms with van der Waals surface area (Å²) in [5, 5.41) is 19.1. The minimum absolute atomic E-state index is 0.0203. The summed E-state index contributed by atoms with van der Waals surface area (Å²) in [6, 6.07) is -2.09. The molecule has 0 radical (unpaired) electrons. The summed E-state index contributed by atoms with van der Waals surface area (Å²) in [5.41, 5.74) is 5.16. The van der Waals surface area contributed by atoms with E-state index in [1.54, 1.807) is 0 Å². The van der Waals surface area contributed by atoms with E-state index in [0.717, 1.165) is 0 Å². The fourth-order valence-corrected chi connectivity index (χ4v) is 0.785. The van der Waals surface area contributed by atoms with Gasteiger partial charge in [-0.1, -0.05) is 0 Å². The lowest BCUT2D eigenvalue weighted by Gasteiger charge is -2.10. The maximum absolute atomic E-state index is 11.1. The van der Waals surface area contributed by atoms with Crippen LogP contribution in [0.15, 0.2) is 0 Å². The number of amides is 1. The van der Waals surface area contributed by atoms with Crippen molar-refractivity contribution in [2.75, 3.05) is 0 Å². The van der Waals surface area contributed by atoms with E-state index in [1.807, 2.05) is 0 Å². The van der Waals surface area contributed by atoms with Gasteiger partial charge in [0, 0.05) is 6.42 Å². The Kier molecular flexibility index (Phi) is 5.32. The van der Waals surface area contributed by atoms with Crippen LogP contribution in [-0.2, 0) is 14.4 Å². The fourth-order valence-electron chi connectivity index (χ4n) is 0.785. The van der Waals surface area contributed by atoms with E-state index in [9.17, 15) is 14.4 Å². The molecule has 0 bridgehead atoms. The van der Waals surface area contributed by atoms with Crippen LogP contribution >= 0.6 is 0 Å². The number of hydrogen-bond donors (Lipinski definition) is 4. The monoisotopic (exact) mass is 218 g/mol. The number of rotatable bonds is 6. The lowest BCUT2D eigenvalue weighted by Crippen LogP contribution is -2.39. The second-order valence-electron chi connectivity index (χ2n) is 3.11. The van der Waals surface area contributed by atoms with Gasteiger partial charge in [0.15, 0.2) is 0 Å². The van der Waals surface area contributed by atoms with Gasteiger partial charge in [0.25, 0.3) is 0 Å². The summed E-state index contributed by atoms with van der Waals surface area (Å²) in [6.45, 7) is 1.32. The van der Waals surface area contributed by atoms with Crippen molar-refractivity contribution in [1.29, 1.82) is 0 Å². The summed E-state index contributed by atoms with van der Waals surface area (Å²) in [4.78, 5) is 31.7. The van der Waals surface area contributed by atoms with Crippen molar-refractivity contribution < 1.29 is 24.6 Å². The van der Waals surface area contributed by atoms with Gasteiger partial charge in [-0.25, -0.2) is 0 Å². The minimum atomic E-state index is -1.19. The SMILES string of the molecule is C[C@@H](NC(=O)CCC(N)C(=O)O)C(=O)O. The van der Waals surface area contributed by atoms with Crippen molar-refractivity contribution in [2.24, 2.45) is 5.73 Å². The molecule has 0 rings (SSSR count). The van der Waals surface area contributed by atoms with Crippen LogP contribution in [0, 0.1) is 0 Å². The molecule has 1 unspecified atom stereocenters. The highest BCUT2D eigenvalue weighted by Crippen LogP contribution is 1.95. The number of aliphatic carboxylic acids is 2. The van der Waals surface area contributed by atoms with Gasteiger partial charge < -0.3 is 21.3 Å². The molecule has 0 aliphatic rings. The molecule has 0 aromatic rings. The second kappa shape index (κ2) is 5.97. The van der Waals surface area contributed by atoms with Crippen LogP contribution < -0.4 is 11.1 Å². The summed E-state index contributed by atoms with van der Waals surface area (Å²) in [5.74, 6) is -2.86. The quantitative estimate of drug-likeness (QED) is 0.441. The molecule has 0 aliphatic carbocycles. The first-order chi connectivity index (χ1) is 6.84. The van der Waals surface area contributed by atoms with Gasteiger partial charge in [0.05, 0.1) is 0 Å². The van der Waals surface area contributed by atoms with E-state index >= 15 is 0 Å². The third-order valence-electron chi connectivity index (χ3n) is 1.75. The molecule has 0 aliphatic heterocycles. The van der Waals surface area contributed by atoms with Gasteiger partial charge in [-0.3, -0.25) is 14.4 Å². The molecule has 0 saturated carbocycles. The van der Waals surface area contributed by atoms with Gasteiger partial charge >= 0.3 is 11.9 Å². The number of nitrogens with one attached hydrogen (secondary N) is 1. The first kappa shape index (κ1) is 13.4. The number of carboxylic acids is 2. The van der Waals surface area contributed by atoms with Crippen LogP contribution in [0.4, 0.5) is 0 Å². The normalized spacial score (nSPS) is 14.0. The average Bonchev–Trinajstić information content (AvgIpc) is 2.13. The first-order valence-corrected chi connectivity index (χ1v) is 4.35. The van der Waals surface area contributed by atoms with Gasteiger partial charge in [-0.15, -0.1) is 0 Å². The van der Waals surface area contributed by atoms with Crippen molar-refractivity contribution in [1.82, 2.24) is 5.32 Å². The Hall–Kier alpha value is -1.63. The molecule has 0 heterocycles. The third kappa shape index (κ3) is 5.63. The molecule has 0 aromatic heterocycles. The van der Waals surface area contributed by atoms with Gasteiger partial charge in [0.1, 0.15) is 12.1 Å².